The van der Waals surface area contributed by atoms with E-state index in [1.165, 1.54) is 6.07 Å². The van der Waals surface area contributed by atoms with Gasteiger partial charge in [-0.25, -0.2) is 9.78 Å². The quantitative estimate of drug-likeness (QED) is 0.499. The van der Waals surface area contributed by atoms with E-state index >= 15 is 0 Å². The average molecular weight is 417 g/mol. The Hall–Kier alpha value is -4.20. The van der Waals surface area contributed by atoms with Crippen LogP contribution in [0.25, 0.3) is 5.65 Å². The summed E-state index contributed by atoms with van der Waals surface area (Å²) >= 11 is 0. The Kier molecular flexibility index (Phi) is 5.36. The van der Waals surface area contributed by atoms with E-state index in [2.05, 4.69) is 10.3 Å². The number of ether oxygens (including phenoxy) is 1. The first-order chi connectivity index (χ1) is 14.9. The maximum absolute atomic E-state index is 12.7. The molecular weight excluding hydrogens is 398 g/mol. The second-order valence-electron chi connectivity index (χ2n) is 7.03. The van der Waals surface area contributed by atoms with Gasteiger partial charge in [0.25, 0.3) is 11.5 Å². The maximum Gasteiger partial charge on any atom is 0.340 e. The second-order valence-corrected chi connectivity index (χ2v) is 7.03. The van der Waals surface area contributed by atoms with E-state index < -0.39 is 11.5 Å². The lowest BCUT2D eigenvalue weighted by Crippen LogP contribution is -2.17. The first-order valence-electron chi connectivity index (χ1n) is 9.54. The number of hydrogen-bond acceptors (Lipinski definition) is 6. The molecule has 2 heterocycles. The van der Waals surface area contributed by atoms with Crippen LogP contribution in [0.5, 0.6) is 0 Å². The molecule has 0 spiro atoms. The van der Waals surface area contributed by atoms with Crippen LogP contribution in [0, 0.1) is 13.8 Å². The fourth-order valence-corrected chi connectivity index (χ4v) is 3.12. The van der Waals surface area contributed by atoms with E-state index in [1.54, 1.807) is 55.5 Å². The molecule has 0 fully saturated rings. The van der Waals surface area contributed by atoms with Crippen LogP contribution in [0.3, 0.4) is 0 Å². The Labute approximate surface area is 177 Å². The Bertz CT molecular complexity index is 1350. The summed E-state index contributed by atoms with van der Waals surface area (Å²) in [6.07, 6.45) is 0. The number of aromatic nitrogens is 2. The van der Waals surface area contributed by atoms with Gasteiger partial charge in [-0.05, 0) is 38.1 Å². The summed E-state index contributed by atoms with van der Waals surface area (Å²) in [4.78, 5) is 41.6. The molecule has 8 nitrogen and oxygen atoms in total. The summed E-state index contributed by atoms with van der Waals surface area (Å²) in [5.41, 5.74) is 2.18. The molecule has 4 rings (SSSR count). The van der Waals surface area contributed by atoms with Crippen molar-refractivity contribution in [3.63, 3.8) is 0 Å². The minimum Gasteiger partial charge on any atom is -0.456 e. The number of aryl methyl sites for hydroxylation is 2. The number of amides is 1. The van der Waals surface area contributed by atoms with Crippen molar-refractivity contribution in [2.24, 2.45) is 0 Å². The molecule has 1 amide bonds. The summed E-state index contributed by atoms with van der Waals surface area (Å²) in [5, 5.41) is 2.75. The maximum atomic E-state index is 12.7. The van der Waals surface area contributed by atoms with Gasteiger partial charge in [0.15, 0.2) is 5.65 Å². The van der Waals surface area contributed by atoms with Gasteiger partial charge in [-0.1, -0.05) is 29.8 Å². The van der Waals surface area contributed by atoms with E-state index in [1.807, 2.05) is 13.0 Å². The molecule has 2 aromatic heterocycles. The lowest BCUT2D eigenvalue weighted by Gasteiger charge is -2.11. The smallest absolute Gasteiger partial charge is 0.340 e. The zero-order valence-electron chi connectivity index (χ0n) is 16.9. The number of fused-ring (bicyclic) bond motifs is 1. The number of nitrogens with zero attached hydrogens (tertiary/aromatic N) is 2. The van der Waals surface area contributed by atoms with Gasteiger partial charge in [0.1, 0.15) is 12.4 Å². The van der Waals surface area contributed by atoms with Crippen molar-refractivity contribution in [1.82, 2.24) is 9.56 Å². The topological polar surface area (TPSA) is 103 Å². The van der Waals surface area contributed by atoms with E-state index in [0.717, 1.165) is 10.1 Å². The third-order valence-corrected chi connectivity index (χ3v) is 4.55. The fraction of sp³-hybridized carbons (Fsp3) is 0.130. The normalized spacial score (nSPS) is 10.8. The van der Waals surface area contributed by atoms with E-state index in [9.17, 15) is 14.4 Å². The predicted molar refractivity (Wildman–Crippen MR) is 113 cm³/mol. The lowest BCUT2D eigenvalue weighted by atomic mass is 10.1. The van der Waals surface area contributed by atoms with Gasteiger partial charge in [-0.15, -0.1) is 4.57 Å². The summed E-state index contributed by atoms with van der Waals surface area (Å²) in [6, 6.07) is 16.5. The van der Waals surface area contributed by atoms with E-state index in [4.69, 9.17) is 9.26 Å². The number of para-hydroxylation sites is 1. The molecule has 2 aromatic carbocycles. The molecule has 0 atom stereocenters. The molecule has 31 heavy (non-hydrogen) atoms. The van der Waals surface area contributed by atoms with E-state index in [-0.39, 0.29) is 18.1 Å². The minimum atomic E-state index is -0.648. The highest BCUT2D eigenvalue weighted by Crippen LogP contribution is 2.18. The molecule has 0 unspecified atom stereocenters. The zero-order valence-corrected chi connectivity index (χ0v) is 16.9. The highest BCUT2D eigenvalue weighted by molar-refractivity contribution is 6.08. The first-order valence-corrected chi connectivity index (χ1v) is 9.54. The number of esters is 1. The fourth-order valence-electron chi connectivity index (χ4n) is 3.12. The molecule has 0 saturated carbocycles. The van der Waals surface area contributed by atoms with Crippen molar-refractivity contribution in [3.8, 4) is 0 Å². The molecule has 1 N–H and O–H groups in total. The van der Waals surface area contributed by atoms with Gasteiger partial charge >= 0.3 is 5.97 Å². The summed E-state index contributed by atoms with van der Waals surface area (Å²) < 4.78 is 11.6. The van der Waals surface area contributed by atoms with Crippen LogP contribution in [0.1, 0.15) is 37.7 Å². The summed E-state index contributed by atoms with van der Waals surface area (Å²) in [7, 11) is 0. The van der Waals surface area contributed by atoms with E-state index in [0.29, 0.717) is 28.4 Å². The Morgan fingerprint density at radius 1 is 1.06 bits per heavy atom. The number of anilines is 1. The van der Waals surface area contributed by atoms with Crippen LogP contribution in [-0.2, 0) is 11.3 Å². The van der Waals surface area contributed by atoms with Crippen LogP contribution in [0.15, 0.2) is 70.0 Å². The van der Waals surface area contributed by atoms with Crippen LogP contribution >= 0.6 is 0 Å². The van der Waals surface area contributed by atoms with Crippen molar-refractivity contribution >= 4 is 23.2 Å². The lowest BCUT2D eigenvalue weighted by molar-refractivity contribution is 0.0469. The van der Waals surface area contributed by atoms with Crippen molar-refractivity contribution in [1.29, 1.82) is 0 Å². The number of carbonyl (C=O) groups excluding carboxylic acids is 2. The SMILES string of the molecule is Cc1cccc(C(=O)Nc2ccccc2C(=O)OCc2cc(=O)n3oc(C)cc3n2)c1. The molecule has 0 aliphatic carbocycles. The zero-order chi connectivity index (χ0) is 22.0. The number of benzene rings is 2. The molecular formula is C23H19N3O5. The molecule has 0 aliphatic rings. The molecule has 0 saturated heterocycles. The molecule has 4 aromatic rings. The van der Waals surface area contributed by atoms with Crippen molar-refractivity contribution < 1.29 is 18.8 Å². The van der Waals surface area contributed by atoms with Gasteiger partial charge in [-0.2, -0.15) is 0 Å². The van der Waals surface area contributed by atoms with Gasteiger partial charge in [-0.3, -0.25) is 9.59 Å². The number of hydrogen-bond donors (Lipinski definition) is 1. The third-order valence-electron chi connectivity index (χ3n) is 4.55. The van der Waals surface area contributed by atoms with Gasteiger partial charge in [0.05, 0.1) is 16.9 Å². The largest absolute Gasteiger partial charge is 0.456 e. The first kappa shape index (κ1) is 20.1. The van der Waals surface area contributed by atoms with Crippen molar-refractivity contribution in [2.75, 3.05) is 5.32 Å². The molecule has 156 valence electrons. The molecule has 0 bridgehead atoms. The van der Waals surface area contributed by atoms with Crippen molar-refractivity contribution in [3.05, 3.63) is 99.2 Å². The van der Waals surface area contributed by atoms with Gasteiger partial charge < -0.3 is 14.6 Å². The van der Waals surface area contributed by atoms with Crippen LogP contribution in [0.4, 0.5) is 5.69 Å². The van der Waals surface area contributed by atoms with Gasteiger partial charge in [0.2, 0.25) is 0 Å². The van der Waals surface area contributed by atoms with Crippen LogP contribution < -0.4 is 10.9 Å². The second kappa shape index (κ2) is 8.27. The highest BCUT2D eigenvalue weighted by atomic mass is 16.5. The molecule has 0 aliphatic heterocycles. The number of rotatable bonds is 5. The number of nitrogens with one attached hydrogen (secondary N) is 1. The average Bonchev–Trinajstić information content (AvgIpc) is 3.13. The Balaban J connectivity index is 1.50. The standard InChI is InChI=1S/C23H19N3O5/c1-14-6-5-7-16(10-14)22(28)25-19-9-4-3-8-18(19)23(29)30-13-17-12-21(27)26-20(24-17)11-15(2)31-26/h3-12H,13H2,1-2H3,(H,25,28). The summed E-state index contributed by atoms with van der Waals surface area (Å²) in [5.74, 6) is -0.443. The Morgan fingerprint density at radius 3 is 2.68 bits per heavy atom. The van der Waals surface area contributed by atoms with Crippen molar-refractivity contribution in [2.45, 2.75) is 20.5 Å². The third kappa shape index (κ3) is 4.37. The monoisotopic (exact) mass is 417 g/mol. The number of carbonyl (C=O) groups is 2. The molecule has 8 heteroatoms. The van der Waals surface area contributed by atoms with Crippen LogP contribution in [0.2, 0.25) is 0 Å². The Morgan fingerprint density at radius 2 is 1.87 bits per heavy atom. The van der Waals surface area contributed by atoms with Gasteiger partial charge in [0, 0.05) is 17.7 Å². The highest BCUT2D eigenvalue weighted by Gasteiger charge is 2.16. The molecule has 0 radical (unpaired) electrons. The van der Waals surface area contributed by atoms with Crippen LogP contribution in [-0.4, -0.2) is 21.4 Å². The minimum absolute atomic E-state index is 0.195. The summed E-state index contributed by atoms with van der Waals surface area (Å²) in [6.45, 7) is 3.40. The predicted octanol–water partition coefficient (Wildman–Crippen LogP) is 3.51.